The molecule has 2 saturated carbocycles. The third-order valence-electron chi connectivity index (χ3n) is 7.97. The molecule has 3 aromatic rings. The van der Waals surface area contributed by atoms with Crippen molar-refractivity contribution >= 4 is 23.4 Å². The highest BCUT2D eigenvalue weighted by Gasteiger charge is 2.51. The fourth-order valence-corrected chi connectivity index (χ4v) is 6.20. The van der Waals surface area contributed by atoms with Gasteiger partial charge in [0.25, 0.3) is 0 Å². The van der Waals surface area contributed by atoms with Crippen molar-refractivity contribution in [2.75, 3.05) is 11.5 Å². The maximum atomic E-state index is 13.5. The topological polar surface area (TPSA) is 99.8 Å². The highest BCUT2D eigenvalue weighted by atomic mass is 16.4. The highest BCUT2D eigenvalue weighted by molar-refractivity contribution is 5.86. The summed E-state index contributed by atoms with van der Waals surface area (Å²) < 4.78 is 6.23. The van der Waals surface area contributed by atoms with Gasteiger partial charge in [0, 0.05) is 30.8 Å². The number of carbonyl (C=O) groups excluding carboxylic acids is 2. The summed E-state index contributed by atoms with van der Waals surface area (Å²) in [6.07, 6.45) is 5.85. The summed E-state index contributed by atoms with van der Waals surface area (Å²) >= 11 is 0. The Balaban J connectivity index is 1.34. The number of hydrogen-bond acceptors (Lipinski definition) is 7. The van der Waals surface area contributed by atoms with Crippen LogP contribution < -0.4 is 4.90 Å². The van der Waals surface area contributed by atoms with Gasteiger partial charge in [-0.15, -0.1) is 5.10 Å². The highest BCUT2D eigenvalue weighted by Crippen LogP contribution is 2.54. The Labute approximate surface area is 216 Å². The second-order valence-corrected chi connectivity index (χ2v) is 10.4. The molecule has 2 aliphatic carbocycles. The van der Waals surface area contributed by atoms with E-state index in [1.165, 1.54) is 0 Å². The van der Waals surface area contributed by atoms with Crippen molar-refractivity contribution in [2.24, 2.45) is 5.92 Å². The van der Waals surface area contributed by atoms with Crippen LogP contribution in [0.2, 0.25) is 0 Å². The third kappa shape index (κ3) is 4.66. The first-order valence-electron chi connectivity index (χ1n) is 13.3. The molecule has 0 bridgehead atoms. The van der Waals surface area contributed by atoms with Crippen molar-refractivity contribution < 1.29 is 19.1 Å². The third-order valence-corrected chi connectivity index (χ3v) is 7.97. The second kappa shape index (κ2) is 10.1. The molecule has 2 fully saturated rings. The number of ketones is 1. The minimum Gasteiger partial charge on any atom is -0.407 e. The molecule has 1 amide bonds. The first kappa shape index (κ1) is 23.9. The number of Topliss-reactive ketones (excluding diaryl/α,β-unsaturated/α-hetero) is 1. The molecule has 2 heterocycles. The molecule has 3 aliphatic rings. The Hall–Kier alpha value is -3.52. The molecule has 0 spiro atoms. The Morgan fingerprint density at radius 1 is 0.973 bits per heavy atom. The average Bonchev–Trinajstić information content (AvgIpc) is 3.45. The molecule has 37 heavy (non-hydrogen) atoms. The molecule has 3 atom stereocenters. The van der Waals surface area contributed by atoms with Crippen LogP contribution in [0.3, 0.4) is 0 Å². The molecule has 0 saturated heterocycles. The number of amides is 1. The molecular weight excluding hydrogens is 468 g/mol. The summed E-state index contributed by atoms with van der Waals surface area (Å²) in [4.78, 5) is 29.5. The minimum atomic E-state index is -0.515. The number of carbonyl (C=O) groups is 2. The lowest BCUT2D eigenvalue weighted by Crippen LogP contribution is -2.49. The normalized spacial score (nSPS) is 22.4. The lowest BCUT2D eigenvalue weighted by atomic mass is 9.81. The van der Waals surface area contributed by atoms with Crippen LogP contribution in [0.15, 0.2) is 59.0 Å². The zero-order valence-electron chi connectivity index (χ0n) is 20.8. The van der Waals surface area contributed by atoms with E-state index in [-0.39, 0.29) is 48.6 Å². The summed E-state index contributed by atoms with van der Waals surface area (Å²) in [6, 6.07) is 19.2. The molecule has 1 aromatic heterocycles. The number of aliphatic hydroxyl groups is 1. The van der Waals surface area contributed by atoms with Gasteiger partial charge in [-0.2, -0.15) is 0 Å². The minimum absolute atomic E-state index is 0.00569. The second-order valence-electron chi connectivity index (χ2n) is 10.4. The zero-order valence-corrected chi connectivity index (χ0v) is 20.8. The Kier molecular flexibility index (Phi) is 6.50. The van der Waals surface area contributed by atoms with Crippen molar-refractivity contribution in [3.05, 3.63) is 71.6 Å². The van der Waals surface area contributed by atoms with Gasteiger partial charge in [0.05, 0.1) is 18.2 Å². The van der Waals surface area contributed by atoms with Gasteiger partial charge in [0.2, 0.25) is 11.8 Å². The van der Waals surface area contributed by atoms with Gasteiger partial charge < -0.3 is 14.4 Å². The number of anilines is 2. The smallest absolute Gasteiger partial charge is 0.323 e. The predicted molar refractivity (Wildman–Crippen MR) is 137 cm³/mol. The lowest BCUT2D eigenvalue weighted by Gasteiger charge is -2.47. The van der Waals surface area contributed by atoms with E-state index in [0.717, 1.165) is 48.9 Å². The van der Waals surface area contributed by atoms with Gasteiger partial charge in [0.15, 0.2) is 5.78 Å². The molecule has 6 rings (SSSR count). The monoisotopic (exact) mass is 500 g/mol. The summed E-state index contributed by atoms with van der Waals surface area (Å²) in [5.74, 6) is 0.531. The Morgan fingerprint density at radius 3 is 2.54 bits per heavy atom. The molecule has 3 unspecified atom stereocenters. The lowest BCUT2D eigenvalue weighted by molar-refractivity contribution is -0.137. The number of hydrogen-bond donors (Lipinski definition) is 1. The fraction of sp³-hybridized carbons (Fsp3) is 0.448. The van der Waals surface area contributed by atoms with Gasteiger partial charge in [-0.3, -0.25) is 14.5 Å². The molecule has 192 valence electrons. The number of para-hydroxylation sites is 1. The van der Waals surface area contributed by atoms with Crippen molar-refractivity contribution in [1.29, 1.82) is 0 Å². The van der Waals surface area contributed by atoms with Crippen LogP contribution >= 0.6 is 0 Å². The van der Waals surface area contributed by atoms with Crippen molar-refractivity contribution in [1.82, 2.24) is 15.1 Å². The number of fused-ring (bicyclic) bond motifs is 2. The van der Waals surface area contributed by atoms with E-state index in [9.17, 15) is 9.59 Å². The maximum absolute atomic E-state index is 13.5. The van der Waals surface area contributed by atoms with Crippen LogP contribution in [0.25, 0.3) is 0 Å². The number of aromatic nitrogens is 2. The Bertz CT molecular complexity index is 1270. The van der Waals surface area contributed by atoms with E-state index in [0.29, 0.717) is 18.3 Å². The molecule has 0 radical (unpaired) electrons. The van der Waals surface area contributed by atoms with E-state index in [2.05, 4.69) is 44.3 Å². The van der Waals surface area contributed by atoms with Gasteiger partial charge in [-0.05, 0) is 42.9 Å². The van der Waals surface area contributed by atoms with E-state index in [4.69, 9.17) is 9.52 Å². The van der Waals surface area contributed by atoms with Crippen LogP contribution in [0.1, 0.15) is 68.0 Å². The van der Waals surface area contributed by atoms with Crippen LogP contribution in [-0.2, 0) is 16.0 Å². The molecule has 1 aliphatic heterocycles. The first-order valence-corrected chi connectivity index (χ1v) is 13.3. The SMILES string of the molecule is O=C(CO)CCC(=O)N(C1CC1)C1c2ccccc2N(c2nnc(Cc3ccccc3)o2)C2CCCC21. The largest absolute Gasteiger partial charge is 0.407 e. The molecule has 8 heteroatoms. The Morgan fingerprint density at radius 2 is 1.76 bits per heavy atom. The summed E-state index contributed by atoms with van der Waals surface area (Å²) in [7, 11) is 0. The van der Waals surface area contributed by atoms with Gasteiger partial charge in [-0.25, -0.2) is 0 Å². The molecule has 2 aromatic carbocycles. The average molecular weight is 501 g/mol. The molecule has 1 N–H and O–H groups in total. The predicted octanol–water partition coefficient (Wildman–Crippen LogP) is 4.35. The van der Waals surface area contributed by atoms with Crippen molar-refractivity contribution in [2.45, 2.75) is 69.5 Å². The van der Waals surface area contributed by atoms with Crippen LogP contribution in [-0.4, -0.2) is 50.6 Å². The summed E-state index contributed by atoms with van der Waals surface area (Å²) in [5, 5.41) is 18.0. The van der Waals surface area contributed by atoms with E-state index >= 15 is 0 Å². The van der Waals surface area contributed by atoms with Gasteiger partial charge >= 0.3 is 6.01 Å². The summed E-state index contributed by atoms with van der Waals surface area (Å²) in [6.45, 7) is -0.515. The molecule has 8 nitrogen and oxygen atoms in total. The number of nitrogens with zero attached hydrogens (tertiary/aromatic N) is 4. The quantitative estimate of drug-likeness (QED) is 0.466. The first-order chi connectivity index (χ1) is 18.1. The van der Waals surface area contributed by atoms with Gasteiger partial charge in [-0.1, -0.05) is 60.1 Å². The number of rotatable bonds is 9. The van der Waals surface area contributed by atoms with E-state index in [1.54, 1.807) is 0 Å². The van der Waals surface area contributed by atoms with Crippen LogP contribution in [0.4, 0.5) is 11.7 Å². The van der Waals surface area contributed by atoms with Crippen molar-refractivity contribution in [3.63, 3.8) is 0 Å². The van der Waals surface area contributed by atoms with Crippen LogP contribution in [0, 0.1) is 5.92 Å². The maximum Gasteiger partial charge on any atom is 0.323 e. The van der Waals surface area contributed by atoms with E-state index < -0.39 is 6.61 Å². The standard InChI is InChI=1S/C29H32N4O4/c34-18-21(35)15-16-27(36)32(20-13-14-20)28-22-9-4-5-11-24(22)33(25-12-6-10-23(25)28)29-31-30-26(37-29)17-19-7-2-1-3-8-19/h1-5,7-9,11,20,23,25,28,34H,6,10,12-18H2. The van der Waals surface area contributed by atoms with Crippen LogP contribution in [0.5, 0.6) is 0 Å². The number of benzene rings is 2. The summed E-state index contributed by atoms with van der Waals surface area (Å²) in [5.41, 5.74) is 3.23. The van der Waals surface area contributed by atoms with E-state index in [1.807, 2.05) is 30.3 Å². The zero-order chi connectivity index (χ0) is 25.4. The van der Waals surface area contributed by atoms with Crippen molar-refractivity contribution in [3.8, 4) is 0 Å². The molecular formula is C29H32N4O4. The number of aliphatic hydroxyl groups excluding tert-OH is 1. The fourth-order valence-electron chi connectivity index (χ4n) is 6.20. The van der Waals surface area contributed by atoms with Gasteiger partial charge in [0.1, 0.15) is 6.61 Å².